The van der Waals surface area contributed by atoms with Crippen LogP contribution < -0.4 is 10.1 Å². The first-order valence-corrected chi connectivity index (χ1v) is 10.6. The molecule has 2 heterocycles. The minimum absolute atomic E-state index is 0.00245. The zero-order chi connectivity index (χ0) is 24.1. The SMILES string of the molecule is COc1cc(F)c([C@@H]2CN(Cc3cccnc3)C(=O)[C@H]2NC(=O)OCc2ccccc2)c(F)c1. The van der Waals surface area contributed by atoms with Crippen molar-refractivity contribution in [2.45, 2.75) is 25.1 Å². The number of halogens is 2. The fourth-order valence-corrected chi connectivity index (χ4v) is 4.00. The Hall–Kier alpha value is -4.01. The number of benzene rings is 2. The molecule has 4 rings (SSSR count). The van der Waals surface area contributed by atoms with Gasteiger partial charge in [-0.05, 0) is 17.2 Å². The first-order valence-electron chi connectivity index (χ1n) is 10.6. The fraction of sp³-hybridized carbons (Fsp3) is 0.240. The summed E-state index contributed by atoms with van der Waals surface area (Å²) in [5.74, 6) is -3.15. The number of carbonyl (C=O) groups excluding carboxylic acids is 2. The van der Waals surface area contributed by atoms with Gasteiger partial charge in [0, 0.05) is 49.1 Å². The summed E-state index contributed by atoms with van der Waals surface area (Å²) in [7, 11) is 1.30. The van der Waals surface area contributed by atoms with Gasteiger partial charge in [0.25, 0.3) is 0 Å². The molecule has 0 aliphatic carbocycles. The Labute approximate surface area is 195 Å². The molecule has 1 saturated heterocycles. The largest absolute Gasteiger partial charge is 0.497 e. The lowest BCUT2D eigenvalue weighted by molar-refractivity contribution is -0.129. The normalized spacial score (nSPS) is 17.5. The molecule has 2 amide bonds. The van der Waals surface area contributed by atoms with Gasteiger partial charge in [0.1, 0.15) is 30.0 Å². The standard InChI is InChI=1S/C25H23F2N3O4/c1-33-18-10-20(26)22(21(27)11-18)19-14-30(13-17-8-5-9-28-12-17)24(31)23(19)29-25(32)34-15-16-6-3-2-4-7-16/h2-12,19,23H,13-15H2,1H3,(H,29,32)/t19-,23-/m0/s1. The summed E-state index contributed by atoms with van der Waals surface area (Å²) in [5, 5.41) is 2.51. The number of nitrogens with one attached hydrogen (secondary N) is 1. The van der Waals surface area contributed by atoms with Gasteiger partial charge in [0.2, 0.25) is 5.91 Å². The number of methoxy groups -OCH3 is 1. The topological polar surface area (TPSA) is 80.8 Å². The Morgan fingerprint density at radius 2 is 1.82 bits per heavy atom. The summed E-state index contributed by atoms with van der Waals surface area (Å²) in [5.41, 5.74) is 1.21. The molecular weight excluding hydrogens is 444 g/mol. The van der Waals surface area contributed by atoms with Crippen LogP contribution in [0.2, 0.25) is 0 Å². The van der Waals surface area contributed by atoms with Crippen LogP contribution in [0.3, 0.4) is 0 Å². The van der Waals surface area contributed by atoms with Crippen LogP contribution in [0.15, 0.2) is 67.0 Å². The Morgan fingerprint density at radius 3 is 2.47 bits per heavy atom. The molecule has 0 spiro atoms. The molecule has 0 radical (unpaired) electrons. The number of nitrogens with zero attached hydrogens (tertiary/aromatic N) is 2. The molecule has 1 aliphatic rings. The maximum atomic E-state index is 14.9. The minimum Gasteiger partial charge on any atom is -0.497 e. The third-order valence-electron chi connectivity index (χ3n) is 5.64. The van der Waals surface area contributed by atoms with E-state index < -0.39 is 35.6 Å². The highest BCUT2D eigenvalue weighted by Gasteiger charge is 2.44. The van der Waals surface area contributed by atoms with Crippen molar-refractivity contribution >= 4 is 12.0 Å². The van der Waals surface area contributed by atoms with Crippen LogP contribution in [0.1, 0.15) is 22.6 Å². The lowest BCUT2D eigenvalue weighted by Crippen LogP contribution is -2.44. The summed E-state index contributed by atoms with van der Waals surface area (Å²) in [4.78, 5) is 31.2. The van der Waals surface area contributed by atoms with E-state index in [1.165, 1.54) is 12.0 Å². The van der Waals surface area contributed by atoms with Gasteiger partial charge in [-0.25, -0.2) is 13.6 Å². The summed E-state index contributed by atoms with van der Waals surface area (Å²) >= 11 is 0. The molecule has 0 saturated carbocycles. The molecule has 0 bridgehead atoms. The maximum absolute atomic E-state index is 14.9. The molecule has 1 N–H and O–H groups in total. The van der Waals surface area contributed by atoms with Crippen LogP contribution in [0.4, 0.5) is 13.6 Å². The van der Waals surface area contributed by atoms with Gasteiger partial charge in [-0.3, -0.25) is 9.78 Å². The number of rotatable bonds is 7. The third kappa shape index (κ3) is 5.14. The first kappa shape index (κ1) is 23.2. The average molecular weight is 467 g/mol. The highest BCUT2D eigenvalue weighted by atomic mass is 19.1. The first-order chi connectivity index (χ1) is 16.5. The lowest BCUT2D eigenvalue weighted by atomic mass is 9.93. The molecule has 2 aromatic carbocycles. The molecule has 0 unspecified atom stereocenters. The summed E-state index contributed by atoms with van der Waals surface area (Å²) in [6.07, 6.45) is 2.35. The van der Waals surface area contributed by atoms with Gasteiger partial charge >= 0.3 is 6.09 Å². The molecule has 2 atom stereocenters. The predicted octanol–water partition coefficient (Wildman–Crippen LogP) is 3.79. The summed E-state index contributed by atoms with van der Waals surface area (Å²) in [6, 6.07) is 13.4. The molecular formula is C25H23F2N3O4. The van der Waals surface area contributed by atoms with Crippen LogP contribution >= 0.6 is 0 Å². The number of aromatic nitrogens is 1. The quantitative estimate of drug-likeness (QED) is 0.572. The van der Waals surface area contributed by atoms with E-state index in [-0.39, 0.29) is 31.0 Å². The smallest absolute Gasteiger partial charge is 0.408 e. The molecule has 9 heteroatoms. The minimum atomic E-state index is -1.21. The average Bonchev–Trinajstić information content (AvgIpc) is 3.13. The van der Waals surface area contributed by atoms with E-state index in [0.29, 0.717) is 0 Å². The second-order valence-corrected chi connectivity index (χ2v) is 7.87. The van der Waals surface area contributed by atoms with Crippen molar-refractivity contribution < 1.29 is 27.8 Å². The third-order valence-corrected chi connectivity index (χ3v) is 5.64. The van der Waals surface area contributed by atoms with E-state index in [9.17, 15) is 18.4 Å². The van der Waals surface area contributed by atoms with Crippen LogP contribution in [-0.4, -0.2) is 41.6 Å². The van der Waals surface area contributed by atoms with E-state index in [0.717, 1.165) is 23.3 Å². The number of alkyl carbamates (subject to hydrolysis) is 1. The molecule has 1 aliphatic heterocycles. The van der Waals surface area contributed by atoms with E-state index in [4.69, 9.17) is 9.47 Å². The van der Waals surface area contributed by atoms with Crippen LogP contribution in [-0.2, 0) is 22.7 Å². The van der Waals surface area contributed by atoms with Crippen molar-refractivity contribution in [3.63, 3.8) is 0 Å². The Kier molecular flexibility index (Phi) is 7.01. The van der Waals surface area contributed by atoms with E-state index in [1.807, 2.05) is 6.07 Å². The van der Waals surface area contributed by atoms with Gasteiger partial charge < -0.3 is 19.7 Å². The maximum Gasteiger partial charge on any atom is 0.408 e. The number of ether oxygens (including phenoxy) is 2. The van der Waals surface area contributed by atoms with Crippen LogP contribution in [0, 0.1) is 11.6 Å². The van der Waals surface area contributed by atoms with Crippen LogP contribution in [0.5, 0.6) is 5.75 Å². The van der Waals surface area contributed by atoms with Crippen molar-refractivity contribution in [2.24, 2.45) is 0 Å². The number of carbonyl (C=O) groups is 2. The molecule has 3 aromatic rings. The highest BCUT2D eigenvalue weighted by molar-refractivity contribution is 5.89. The van der Waals surface area contributed by atoms with Gasteiger partial charge in [-0.2, -0.15) is 0 Å². The van der Waals surface area contributed by atoms with Crippen molar-refractivity contribution in [3.05, 3.63) is 95.3 Å². The molecule has 7 nitrogen and oxygen atoms in total. The number of hydrogen-bond acceptors (Lipinski definition) is 5. The van der Waals surface area contributed by atoms with Gasteiger partial charge in [0.15, 0.2) is 0 Å². The fourth-order valence-electron chi connectivity index (χ4n) is 4.00. The second kappa shape index (κ2) is 10.3. The number of likely N-dealkylation sites (tertiary alicyclic amines) is 1. The van der Waals surface area contributed by atoms with Crippen molar-refractivity contribution in [2.75, 3.05) is 13.7 Å². The second-order valence-electron chi connectivity index (χ2n) is 7.87. The lowest BCUT2D eigenvalue weighted by Gasteiger charge is -2.20. The van der Waals surface area contributed by atoms with Crippen molar-refractivity contribution in [3.8, 4) is 5.75 Å². The summed E-state index contributed by atoms with van der Waals surface area (Å²) < 4.78 is 40.0. The van der Waals surface area contributed by atoms with E-state index in [1.54, 1.807) is 48.8 Å². The predicted molar refractivity (Wildman–Crippen MR) is 119 cm³/mol. The molecule has 34 heavy (non-hydrogen) atoms. The zero-order valence-electron chi connectivity index (χ0n) is 18.4. The van der Waals surface area contributed by atoms with E-state index >= 15 is 0 Å². The van der Waals surface area contributed by atoms with Gasteiger partial charge in [0.05, 0.1) is 7.11 Å². The number of amides is 2. The molecule has 176 valence electrons. The van der Waals surface area contributed by atoms with Gasteiger partial charge in [-0.15, -0.1) is 0 Å². The van der Waals surface area contributed by atoms with Crippen molar-refractivity contribution in [1.29, 1.82) is 0 Å². The highest BCUT2D eigenvalue weighted by Crippen LogP contribution is 2.35. The Morgan fingerprint density at radius 1 is 1.12 bits per heavy atom. The van der Waals surface area contributed by atoms with Crippen LogP contribution in [0.25, 0.3) is 0 Å². The van der Waals surface area contributed by atoms with Crippen molar-refractivity contribution in [1.82, 2.24) is 15.2 Å². The summed E-state index contributed by atoms with van der Waals surface area (Å²) in [6.45, 7) is 0.167. The Balaban J connectivity index is 1.57. The van der Waals surface area contributed by atoms with Gasteiger partial charge in [-0.1, -0.05) is 36.4 Å². The molecule has 1 fully saturated rings. The zero-order valence-corrected chi connectivity index (χ0v) is 18.4. The molecule has 1 aromatic heterocycles. The number of hydrogen-bond donors (Lipinski definition) is 1. The van der Waals surface area contributed by atoms with E-state index in [2.05, 4.69) is 10.3 Å². The Bertz CT molecular complexity index is 1140. The number of pyridine rings is 1. The monoisotopic (exact) mass is 467 g/mol.